The van der Waals surface area contributed by atoms with Crippen molar-refractivity contribution >= 4 is 33.1 Å². The molecule has 1 saturated heterocycles. The molecule has 154 valence electrons. The summed E-state index contributed by atoms with van der Waals surface area (Å²) in [6.07, 6.45) is 0. The number of carbonyl (C=O) groups is 1. The Morgan fingerprint density at radius 2 is 1.74 bits per heavy atom. The maximum Gasteiger partial charge on any atom is 0.264 e. The Kier molecular flexibility index (Phi) is 4.92. The molecule has 7 heteroatoms. The fourth-order valence-corrected chi connectivity index (χ4v) is 5.20. The highest BCUT2D eigenvalue weighted by atomic mass is 32.1. The van der Waals surface area contributed by atoms with E-state index in [1.165, 1.54) is 11.3 Å². The molecule has 1 aliphatic heterocycles. The van der Waals surface area contributed by atoms with Crippen molar-refractivity contribution in [1.82, 2.24) is 14.7 Å². The fraction of sp³-hybridized carbons (Fsp3) is 0.208. The lowest BCUT2D eigenvalue weighted by atomic mass is 10.1. The molecule has 2 aromatic carbocycles. The van der Waals surface area contributed by atoms with E-state index in [4.69, 9.17) is 0 Å². The Bertz CT molecular complexity index is 1290. The van der Waals surface area contributed by atoms with Crippen molar-refractivity contribution < 1.29 is 4.79 Å². The van der Waals surface area contributed by atoms with Crippen molar-refractivity contribution in [2.24, 2.45) is 0 Å². The van der Waals surface area contributed by atoms with Crippen LogP contribution in [-0.2, 0) is 0 Å². The first-order valence-corrected chi connectivity index (χ1v) is 11.1. The maximum atomic E-state index is 13.2. The topological polar surface area (TPSA) is 65.2 Å². The van der Waals surface area contributed by atoms with E-state index in [2.05, 4.69) is 16.1 Å². The average molecular weight is 428 g/mol. The van der Waals surface area contributed by atoms with E-state index < -0.39 is 0 Å². The number of aryl methyl sites for hydroxylation is 1. The van der Waals surface area contributed by atoms with Crippen molar-refractivity contribution in [3.8, 4) is 11.8 Å². The van der Waals surface area contributed by atoms with Gasteiger partial charge < -0.3 is 9.80 Å². The Morgan fingerprint density at radius 1 is 1.03 bits per heavy atom. The molecule has 3 heterocycles. The van der Waals surface area contributed by atoms with Crippen LogP contribution in [0.25, 0.3) is 15.9 Å². The van der Waals surface area contributed by atoms with Crippen LogP contribution in [0.2, 0.25) is 0 Å². The molecule has 0 atom stereocenters. The molecule has 5 rings (SSSR count). The number of aromatic nitrogens is 2. The van der Waals surface area contributed by atoms with Crippen molar-refractivity contribution in [3.05, 3.63) is 76.8 Å². The Balaban J connectivity index is 1.36. The molecule has 31 heavy (non-hydrogen) atoms. The van der Waals surface area contributed by atoms with Gasteiger partial charge in [0.25, 0.3) is 5.91 Å². The van der Waals surface area contributed by atoms with Crippen LogP contribution in [0.5, 0.6) is 0 Å². The van der Waals surface area contributed by atoms with Crippen LogP contribution in [-0.4, -0.2) is 46.8 Å². The molecule has 0 aliphatic carbocycles. The van der Waals surface area contributed by atoms with E-state index in [9.17, 15) is 10.1 Å². The predicted molar refractivity (Wildman–Crippen MR) is 123 cm³/mol. The number of carbonyl (C=O) groups excluding carboxylic acids is 1. The molecule has 0 bridgehead atoms. The molecule has 0 saturated carbocycles. The summed E-state index contributed by atoms with van der Waals surface area (Å²) in [4.78, 5) is 19.1. The first-order valence-electron chi connectivity index (χ1n) is 10.2. The van der Waals surface area contributed by atoms with E-state index >= 15 is 0 Å². The van der Waals surface area contributed by atoms with Crippen LogP contribution in [0.3, 0.4) is 0 Å². The Morgan fingerprint density at radius 3 is 2.48 bits per heavy atom. The van der Waals surface area contributed by atoms with Gasteiger partial charge in [0, 0.05) is 31.6 Å². The lowest BCUT2D eigenvalue weighted by molar-refractivity contribution is 0.0751. The van der Waals surface area contributed by atoms with Gasteiger partial charge in [-0.1, -0.05) is 30.3 Å². The van der Waals surface area contributed by atoms with Gasteiger partial charge in [-0.15, -0.1) is 11.3 Å². The number of hydrogen-bond acceptors (Lipinski definition) is 5. The van der Waals surface area contributed by atoms with Gasteiger partial charge in [0.1, 0.15) is 10.9 Å². The molecule has 0 N–H and O–H groups in total. The lowest BCUT2D eigenvalue weighted by Crippen LogP contribution is -2.48. The second-order valence-electron chi connectivity index (χ2n) is 7.57. The first kappa shape index (κ1) is 19.3. The minimum absolute atomic E-state index is 0.0634. The number of nitriles is 1. The third kappa shape index (κ3) is 3.45. The Labute approximate surface area is 184 Å². The summed E-state index contributed by atoms with van der Waals surface area (Å²) >= 11 is 1.50. The minimum atomic E-state index is 0.0634. The van der Waals surface area contributed by atoms with E-state index in [1.54, 1.807) is 0 Å². The van der Waals surface area contributed by atoms with Gasteiger partial charge in [0.2, 0.25) is 0 Å². The van der Waals surface area contributed by atoms with Gasteiger partial charge in [-0.3, -0.25) is 4.79 Å². The Hall–Kier alpha value is -3.63. The van der Waals surface area contributed by atoms with Gasteiger partial charge >= 0.3 is 0 Å². The summed E-state index contributed by atoms with van der Waals surface area (Å²) in [5, 5.41) is 15.1. The summed E-state index contributed by atoms with van der Waals surface area (Å²) in [6, 6.07) is 21.9. The van der Waals surface area contributed by atoms with Crippen LogP contribution in [0.1, 0.15) is 20.9 Å². The highest BCUT2D eigenvalue weighted by Gasteiger charge is 2.26. The zero-order valence-electron chi connectivity index (χ0n) is 17.2. The normalized spacial score (nSPS) is 14.1. The number of amides is 1. The molecule has 4 aromatic rings. The number of benzene rings is 2. The number of rotatable bonds is 3. The molecule has 2 aromatic heterocycles. The van der Waals surface area contributed by atoms with Crippen LogP contribution < -0.4 is 4.90 Å². The zero-order valence-corrected chi connectivity index (χ0v) is 18.0. The SMILES string of the molecule is Cc1nn(-c2ccccc2)c2sc(C(=O)N3CCN(c4ccccc4C#N)CC3)cc12. The summed E-state index contributed by atoms with van der Waals surface area (Å²) in [5.41, 5.74) is 3.53. The van der Waals surface area contributed by atoms with Gasteiger partial charge in [0.05, 0.1) is 27.5 Å². The minimum Gasteiger partial charge on any atom is -0.367 e. The van der Waals surface area contributed by atoms with Crippen LogP contribution in [0.4, 0.5) is 5.69 Å². The number of hydrogen-bond donors (Lipinski definition) is 0. The van der Waals surface area contributed by atoms with Crippen molar-refractivity contribution in [2.45, 2.75) is 6.92 Å². The second kappa shape index (κ2) is 7.89. The molecule has 0 unspecified atom stereocenters. The van der Waals surface area contributed by atoms with E-state index in [0.717, 1.165) is 32.2 Å². The van der Waals surface area contributed by atoms with Crippen molar-refractivity contribution in [1.29, 1.82) is 5.26 Å². The molecule has 0 spiro atoms. The number of thiophene rings is 1. The van der Waals surface area contributed by atoms with Gasteiger partial charge in [-0.05, 0) is 37.3 Å². The highest BCUT2D eigenvalue weighted by molar-refractivity contribution is 7.20. The van der Waals surface area contributed by atoms with Crippen molar-refractivity contribution in [3.63, 3.8) is 0 Å². The maximum absolute atomic E-state index is 13.2. The van der Waals surface area contributed by atoms with Crippen LogP contribution in [0, 0.1) is 18.3 Å². The molecule has 1 aliphatic rings. The monoisotopic (exact) mass is 427 g/mol. The van der Waals surface area contributed by atoms with Crippen LogP contribution >= 0.6 is 11.3 Å². The second-order valence-corrected chi connectivity index (χ2v) is 8.60. The standard InChI is InChI=1S/C24H21N5OS/c1-17-20-15-22(31-24(20)29(26-17)19-8-3-2-4-9-19)23(30)28-13-11-27(12-14-28)21-10-6-5-7-18(21)16-25/h2-10,15H,11-14H2,1H3. The largest absolute Gasteiger partial charge is 0.367 e. The smallest absolute Gasteiger partial charge is 0.264 e. The average Bonchev–Trinajstić information content (AvgIpc) is 3.40. The van der Waals surface area contributed by atoms with E-state index in [-0.39, 0.29) is 5.91 Å². The highest BCUT2D eigenvalue weighted by Crippen LogP contribution is 2.31. The van der Waals surface area contributed by atoms with Gasteiger partial charge in [0.15, 0.2) is 0 Å². The molecular formula is C24H21N5OS. The van der Waals surface area contributed by atoms with E-state index in [1.807, 2.05) is 77.2 Å². The molecule has 6 nitrogen and oxygen atoms in total. The summed E-state index contributed by atoms with van der Waals surface area (Å²) in [6.45, 7) is 4.68. The predicted octanol–water partition coefficient (Wildman–Crippen LogP) is 4.23. The van der Waals surface area contributed by atoms with E-state index in [0.29, 0.717) is 31.7 Å². The number of fused-ring (bicyclic) bond motifs is 1. The molecular weight excluding hydrogens is 406 g/mol. The third-order valence-corrected chi connectivity index (χ3v) is 6.79. The quantitative estimate of drug-likeness (QED) is 0.491. The number of para-hydroxylation sites is 2. The fourth-order valence-electron chi connectivity index (χ4n) is 4.05. The number of piperazine rings is 1. The summed E-state index contributed by atoms with van der Waals surface area (Å²) < 4.78 is 1.92. The molecule has 1 amide bonds. The number of anilines is 1. The van der Waals surface area contributed by atoms with Crippen molar-refractivity contribution in [2.75, 3.05) is 31.1 Å². The van der Waals surface area contributed by atoms with Gasteiger partial charge in [-0.25, -0.2) is 4.68 Å². The first-order chi connectivity index (χ1) is 15.2. The molecule has 1 fully saturated rings. The summed E-state index contributed by atoms with van der Waals surface area (Å²) in [5.74, 6) is 0.0634. The molecule has 0 radical (unpaired) electrons. The lowest BCUT2D eigenvalue weighted by Gasteiger charge is -2.36. The summed E-state index contributed by atoms with van der Waals surface area (Å²) in [7, 11) is 0. The number of nitrogens with zero attached hydrogens (tertiary/aromatic N) is 5. The van der Waals surface area contributed by atoms with Crippen LogP contribution in [0.15, 0.2) is 60.7 Å². The third-order valence-electron chi connectivity index (χ3n) is 5.69. The zero-order chi connectivity index (χ0) is 21.4. The van der Waals surface area contributed by atoms with Gasteiger partial charge in [-0.2, -0.15) is 10.4 Å².